The van der Waals surface area contributed by atoms with Crippen molar-refractivity contribution in [1.29, 1.82) is 0 Å². The Morgan fingerprint density at radius 2 is 2.26 bits per heavy atom. The molecule has 1 aromatic rings. The van der Waals surface area contributed by atoms with Gasteiger partial charge in [0.1, 0.15) is 0 Å². The zero-order valence-electron chi connectivity index (χ0n) is 11.7. The average Bonchev–Trinajstić information content (AvgIpc) is 3.21. The molecular formula is C15H23N3O. The van der Waals surface area contributed by atoms with Crippen LogP contribution >= 0.6 is 0 Å². The highest BCUT2D eigenvalue weighted by Gasteiger charge is 2.25. The number of amides is 1. The van der Waals surface area contributed by atoms with E-state index in [1.807, 2.05) is 31.2 Å². The summed E-state index contributed by atoms with van der Waals surface area (Å²) in [6, 6.07) is 8.26. The Morgan fingerprint density at radius 1 is 1.53 bits per heavy atom. The van der Waals surface area contributed by atoms with Crippen LogP contribution in [0.1, 0.15) is 31.2 Å². The van der Waals surface area contributed by atoms with Crippen LogP contribution in [0.5, 0.6) is 0 Å². The number of hydrogen-bond acceptors (Lipinski definition) is 3. The molecule has 1 fully saturated rings. The first-order chi connectivity index (χ1) is 9.08. The number of anilines is 1. The molecule has 0 heterocycles. The lowest BCUT2D eigenvalue weighted by atomic mass is 10.00. The number of nitrogens with two attached hydrogens (primary N) is 1. The largest absolute Gasteiger partial charge is 0.399 e. The highest BCUT2D eigenvalue weighted by Crippen LogP contribution is 2.24. The van der Waals surface area contributed by atoms with Gasteiger partial charge in [-0.3, -0.25) is 4.79 Å². The molecule has 0 aliphatic heterocycles. The van der Waals surface area contributed by atoms with E-state index in [0.717, 1.165) is 18.2 Å². The zero-order valence-corrected chi connectivity index (χ0v) is 11.7. The molecule has 1 saturated carbocycles. The molecule has 3 N–H and O–H groups in total. The van der Waals surface area contributed by atoms with Crippen LogP contribution in [0.4, 0.5) is 5.69 Å². The van der Waals surface area contributed by atoms with Crippen LogP contribution in [0.3, 0.4) is 0 Å². The third kappa shape index (κ3) is 3.96. The van der Waals surface area contributed by atoms with Crippen molar-refractivity contribution in [2.24, 2.45) is 0 Å². The lowest BCUT2D eigenvalue weighted by Crippen LogP contribution is -2.35. The lowest BCUT2D eigenvalue weighted by Gasteiger charge is -2.17. The van der Waals surface area contributed by atoms with Gasteiger partial charge in [-0.05, 0) is 44.5 Å². The average molecular weight is 261 g/mol. The summed E-state index contributed by atoms with van der Waals surface area (Å²) in [5.41, 5.74) is 7.40. The molecule has 1 aromatic carbocycles. The smallest absolute Gasteiger partial charge is 0.227 e. The highest BCUT2D eigenvalue weighted by atomic mass is 16.1. The topological polar surface area (TPSA) is 58.4 Å². The fourth-order valence-corrected chi connectivity index (χ4v) is 2.19. The number of nitrogens with one attached hydrogen (secondary N) is 1. The minimum Gasteiger partial charge on any atom is -0.399 e. The van der Waals surface area contributed by atoms with Crippen LogP contribution in [-0.4, -0.2) is 37.0 Å². The second-order valence-electron chi connectivity index (χ2n) is 5.39. The molecule has 1 amide bonds. The molecule has 19 heavy (non-hydrogen) atoms. The van der Waals surface area contributed by atoms with Crippen LogP contribution in [0, 0.1) is 0 Å². The molecule has 0 bridgehead atoms. The maximum Gasteiger partial charge on any atom is 0.227 e. The Labute approximate surface area is 115 Å². The fraction of sp³-hybridized carbons (Fsp3) is 0.533. The van der Waals surface area contributed by atoms with Crippen molar-refractivity contribution >= 4 is 11.6 Å². The van der Waals surface area contributed by atoms with Gasteiger partial charge in [0.2, 0.25) is 5.91 Å². The van der Waals surface area contributed by atoms with Gasteiger partial charge in [0.15, 0.2) is 0 Å². The van der Waals surface area contributed by atoms with Gasteiger partial charge < -0.3 is 16.0 Å². The minimum absolute atomic E-state index is 0.0646. The van der Waals surface area contributed by atoms with Crippen molar-refractivity contribution in [3.05, 3.63) is 29.8 Å². The van der Waals surface area contributed by atoms with Gasteiger partial charge >= 0.3 is 0 Å². The van der Waals surface area contributed by atoms with Gasteiger partial charge in [0, 0.05) is 24.8 Å². The summed E-state index contributed by atoms with van der Waals surface area (Å²) >= 11 is 0. The van der Waals surface area contributed by atoms with Gasteiger partial charge in [-0.15, -0.1) is 0 Å². The molecule has 4 nitrogen and oxygen atoms in total. The minimum atomic E-state index is -0.158. The molecule has 1 aliphatic rings. The third-order valence-electron chi connectivity index (χ3n) is 3.74. The maximum absolute atomic E-state index is 12.1. The Bertz CT molecular complexity index is 443. The third-order valence-corrected chi connectivity index (χ3v) is 3.74. The highest BCUT2D eigenvalue weighted by molar-refractivity contribution is 5.83. The van der Waals surface area contributed by atoms with E-state index in [4.69, 9.17) is 5.73 Å². The Morgan fingerprint density at radius 3 is 2.89 bits per heavy atom. The molecule has 0 radical (unpaired) electrons. The van der Waals surface area contributed by atoms with Gasteiger partial charge in [-0.2, -0.15) is 0 Å². The van der Waals surface area contributed by atoms with Crippen LogP contribution in [0.2, 0.25) is 0 Å². The molecule has 0 saturated heterocycles. The molecule has 1 aliphatic carbocycles. The molecular weight excluding hydrogens is 238 g/mol. The normalized spacial score (nSPS) is 16.4. The summed E-state index contributed by atoms with van der Waals surface area (Å²) in [5.74, 6) is -0.0930. The van der Waals surface area contributed by atoms with E-state index < -0.39 is 0 Å². The first kappa shape index (κ1) is 13.9. The van der Waals surface area contributed by atoms with Crippen molar-refractivity contribution in [2.45, 2.75) is 31.7 Å². The van der Waals surface area contributed by atoms with Gasteiger partial charge in [-0.1, -0.05) is 12.1 Å². The standard InChI is InChI=1S/C15H23N3O/c1-11(12-4-3-5-13(16)10-12)15(19)17-8-9-18(2)14-6-7-14/h3-5,10-11,14H,6-9,16H2,1-2H3,(H,17,19). The second kappa shape index (κ2) is 6.06. The lowest BCUT2D eigenvalue weighted by molar-refractivity contribution is -0.122. The van der Waals surface area contributed by atoms with E-state index in [9.17, 15) is 4.79 Å². The molecule has 1 atom stereocenters. The summed E-state index contributed by atoms with van der Waals surface area (Å²) in [4.78, 5) is 14.4. The van der Waals surface area contributed by atoms with Crippen molar-refractivity contribution in [1.82, 2.24) is 10.2 Å². The van der Waals surface area contributed by atoms with E-state index in [0.29, 0.717) is 12.2 Å². The van der Waals surface area contributed by atoms with Crippen LogP contribution < -0.4 is 11.1 Å². The van der Waals surface area contributed by atoms with Crippen LogP contribution in [-0.2, 0) is 4.79 Å². The molecule has 0 aromatic heterocycles. The van der Waals surface area contributed by atoms with E-state index in [2.05, 4.69) is 17.3 Å². The van der Waals surface area contributed by atoms with Crippen molar-refractivity contribution in [3.8, 4) is 0 Å². The number of carbonyl (C=O) groups is 1. The summed E-state index contributed by atoms with van der Waals surface area (Å²) in [6.45, 7) is 3.53. The second-order valence-corrected chi connectivity index (χ2v) is 5.39. The molecule has 4 heteroatoms. The van der Waals surface area contributed by atoms with E-state index in [1.54, 1.807) is 0 Å². The molecule has 104 valence electrons. The first-order valence-electron chi connectivity index (χ1n) is 6.91. The van der Waals surface area contributed by atoms with E-state index in [1.165, 1.54) is 12.8 Å². The summed E-state index contributed by atoms with van der Waals surface area (Å²) in [7, 11) is 2.12. The van der Waals surface area contributed by atoms with E-state index in [-0.39, 0.29) is 11.8 Å². The quantitative estimate of drug-likeness (QED) is 0.764. The summed E-state index contributed by atoms with van der Waals surface area (Å²) in [6.07, 6.45) is 2.59. The summed E-state index contributed by atoms with van der Waals surface area (Å²) < 4.78 is 0. The van der Waals surface area contributed by atoms with Crippen LogP contribution in [0.15, 0.2) is 24.3 Å². The van der Waals surface area contributed by atoms with Crippen LogP contribution in [0.25, 0.3) is 0 Å². The molecule has 1 unspecified atom stereocenters. The number of nitrogen functional groups attached to an aromatic ring is 1. The monoisotopic (exact) mass is 261 g/mol. The van der Waals surface area contributed by atoms with Gasteiger partial charge in [-0.25, -0.2) is 0 Å². The van der Waals surface area contributed by atoms with Gasteiger partial charge in [0.05, 0.1) is 5.92 Å². The van der Waals surface area contributed by atoms with Crippen molar-refractivity contribution in [2.75, 3.05) is 25.9 Å². The zero-order chi connectivity index (χ0) is 13.8. The predicted molar refractivity (Wildman–Crippen MR) is 77.9 cm³/mol. The van der Waals surface area contributed by atoms with Crippen molar-refractivity contribution in [3.63, 3.8) is 0 Å². The Kier molecular flexibility index (Phi) is 4.43. The number of likely N-dealkylation sites (N-methyl/N-ethyl adjacent to an activating group) is 1. The Balaban J connectivity index is 1.78. The Hall–Kier alpha value is -1.55. The summed E-state index contributed by atoms with van der Waals surface area (Å²) in [5, 5.41) is 2.99. The fourth-order valence-electron chi connectivity index (χ4n) is 2.19. The number of benzene rings is 1. The SMILES string of the molecule is CC(C(=O)NCCN(C)C1CC1)c1cccc(N)c1. The molecule has 0 spiro atoms. The maximum atomic E-state index is 12.1. The number of carbonyl (C=O) groups excluding carboxylic acids is 1. The predicted octanol–water partition coefficient (Wildman–Crippen LogP) is 1.58. The van der Waals surface area contributed by atoms with Gasteiger partial charge in [0.25, 0.3) is 0 Å². The first-order valence-corrected chi connectivity index (χ1v) is 6.91. The number of hydrogen-bond donors (Lipinski definition) is 2. The number of rotatable bonds is 6. The van der Waals surface area contributed by atoms with Crippen molar-refractivity contribution < 1.29 is 4.79 Å². The molecule has 2 rings (SSSR count). The number of nitrogens with zero attached hydrogens (tertiary/aromatic N) is 1. The van der Waals surface area contributed by atoms with E-state index >= 15 is 0 Å².